The smallest absolute Gasteiger partial charge is 0.258 e. The van der Waals surface area contributed by atoms with E-state index in [1.807, 2.05) is 0 Å². The molecule has 0 amide bonds. The first-order valence-corrected chi connectivity index (χ1v) is 11.1. The van der Waals surface area contributed by atoms with Crippen LogP contribution < -0.4 is 4.57 Å². The Morgan fingerprint density at radius 1 is 0.935 bits per heavy atom. The van der Waals surface area contributed by atoms with Crippen molar-refractivity contribution in [3.63, 3.8) is 0 Å². The number of aryl methyl sites for hydroxylation is 5. The number of rotatable bonds is 2. The van der Waals surface area contributed by atoms with E-state index in [-0.39, 0.29) is 0 Å². The summed E-state index contributed by atoms with van der Waals surface area (Å²) in [5, 5.41) is 4.00. The number of hydrogen-bond acceptors (Lipinski definition) is 1. The Kier molecular flexibility index (Phi) is 4.40. The van der Waals surface area contributed by atoms with E-state index in [0.29, 0.717) is 5.92 Å². The number of aromatic nitrogens is 3. The van der Waals surface area contributed by atoms with E-state index in [1.165, 1.54) is 55.1 Å². The minimum atomic E-state index is 0.424. The van der Waals surface area contributed by atoms with Crippen molar-refractivity contribution in [2.24, 2.45) is 7.05 Å². The van der Waals surface area contributed by atoms with Crippen molar-refractivity contribution in [1.29, 1.82) is 0 Å². The van der Waals surface area contributed by atoms with Gasteiger partial charge >= 0.3 is 0 Å². The quantitative estimate of drug-likeness (QED) is 0.242. The monoisotopic (exact) mass is 408 g/mol. The highest BCUT2D eigenvalue weighted by molar-refractivity contribution is 6.19. The van der Waals surface area contributed by atoms with E-state index in [4.69, 9.17) is 4.98 Å². The molecule has 5 aromatic rings. The van der Waals surface area contributed by atoms with E-state index in [0.717, 1.165) is 11.4 Å². The molecule has 3 aromatic heterocycles. The minimum absolute atomic E-state index is 0.424. The van der Waals surface area contributed by atoms with Crippen molar-refractivity contribution in [2.75, 3.05) is 0 Å². The number of imidazole rings is 1. The van der Waals surface area contributed by atoms with Gasteiger partial charge in [0.2, 0.25) is 0 Å². The van der Waals surface area contributed by atoms with Crippen LogP contribution in [0.25, 0.3) is 38.4 Å². The first-order valence-electron chi connectivity index (χ1n) is 11.1. The first kappa shape index (κ1) is 19.7. The fourth-order valence-electron chi connectivity index (χ4n) is 5.24. The standard InChI is InChI=1S/C28H30N3/c1-16(2)23-15-18(4)24(21-12-11-19(5)29-20(21)6)25-22-10-8-9-17(3)27(22)31-14-13-30(7)28(31)26(23)25/h8-16H,1-7H3/q+1. The van der Waals surface area contributed by atoms with Crippen molar-refractivity contribution in [2.45, 2.75) is 47.5 Å². The maximum absolute atomic E-state index is 4.81. The molecule has 0 fully saturated rings. The summed E-state index contributed by atoms with van der Waals surface area (Å²) in [5.74, 6) is 0.424. The molecule has 0 spiro atoms. The van der Waals surface area contributed by atoms with Crippen molar-refractivity contribution >= 4 is 27.3 Å². The number of benzene rings is 2. The second-order valence-electron chi connectivity index (χ2n) is 9.22. The molecule has 31 heavy (non-hydrogen) atoms. The zero-order valence-corrected chi connectivity index (χ0v) is 19.5. The molecule has 156 valence electrons. The van der Waals surface area contributed by atoms with Crippen LogP contribution in [0.3, 0.4) is 0 Å². The molecule has 0 saturated carbocycles. The molecule has 3 heteroatoms. The van der Waals surface area contributed by atoms with Gasteiger partial charge in [0, 0.05) is 27.7 Å². The van der Waals surface area contributed by atoms with Gasteiger partial charge in [0.15, 0.2) is 0 Å². The van der Waals surface area contributed by atoms with E-state index in [2.05, 4.69) is 106 Å². The molecule has 0 aliphatic heterocycles. The highest BCUT2D eigenvalue weighted by atomic mass is 15.1. The van der Waals surface area contributed by atoms with Crippen molar-refractivity contribution in [1.82, 2.24) is 9.38 Å². The Morgan fingerprint density at radius 2 is 1.71 bits per heavy atom. The topological polar surface area (TPSA) is 21.2 Å². The maximum atomic E-state index is 4.81. The molecule has 0 unspecified atom stereocenters. The van der Waals surface area contributed by atoms with Gasteiger partial charge in [0.1, 0.15) is 17.9 Å². The Bertz CT molecular complexity index is 1500. The number of fused-ring (bicyclic) bond motifs is 6. The summed E-state index contributed by atoms with van der Waals surface area (Å²) in [6.45, 7) is 13.3. The van der Waals surface area contributed by atoms with Gasteiger partial charge in [-0.15, -0.1) is 0 Å². The summed E-state index contributed by atoms with van der Waals surface area (Å²) in [6.07, 6.45) is 4.37. The second-order valence-corrected chi connectivity index (χ2v) is 9.22. The Balaban J connectivity index is 2.17. The van der Waals surface area contributed by atoms with Crippen LogP contribution >= 0.6 is 0 Å². The molecule has 3 nitrogen and oxygen atoms in total. The van der Waals surface area contributed by atoms with Crippen LogP contribution in [0.5, 0.6) is 0 Å². The molecule has 5 rings (SSSR count). The number of hydrogen-bond donors (Lipinski definition) is 0. The van der Waals surface area contributed by atoms with E-state index < -0.39 is 0 Å². The van der Waals surface area contributed by atoms with Gasteiger partial charge in [0.25, 0.3) is 5.65 Å². The zero-order valence-electron chi connectivity index (χ0n) is 19.5. The predicted molar refractivity (Wildman–Crippen MR) is 130 cm³/mol. The molecule has 0 aliphatic rings. The molecule has 0 atom stereocenters. The Hall–Kier alpha value is -3.20. The minimum Gasteiger partial charge on any atom is -0.258 e. The fourth-order valence-corrected chi connectivity index (χ4v) is 5.24. The lowest BCUT2D eigenvalue weighted by Gasteiger charge is -2.20. The number of pyridine rings is 2. The summed E-state index contributed by atoms with van der Waals surface area (Å²) in [6, 6.07) is 13.5. The Labute approximate surface area is 184 Å². The largest absolute Gasteiger partial charge is 0.294 e. The average molecular weight is 409 g/mol. The fraction of sp³-hybridized carbons (Fsp3) is 0.286. The predicted octanol–water partition coefficient (Wildman–Crippen LogP) is 6.49. The lowest BCUT2D eigenvalue weighted by molar-refractivity contribution is -0.643. The molecule has 0 saturated heterocycles. The highest BCUT2D eigenvalue weighted by Gasteiger charge is 2.26. The molecule has 0 bridgehead atoms. The van der Waals surface area contributed by atoms with Gasteiger partial charge in [-0.25, -0.2) is 4.57 Å². The van der Waals surface area contributed by atoms with Gasteiger partial charge in [-0.3, -0.25) is 4.98 Å². The SMILES string of the molecule is Cc1ccc(-c2c(C)cc(C(C)C)c3c2c2cccc(C)c2n2cc[n+](C)c32)c(C)n1. The van der Waals surface area contributed by atoms with E-state index >= 15 is 0 Å². The number of para-hydroxylation sites is 1. The van der Waals surface area contributed by atoms with Crippen LogP contribution in [-0.4, -0.2) is 9.38 Å². The molecule has 0 radical (unpaired) electrons. The summed E-state index contributed by atoms with van der Waals surface area (Å²) in [4.78, 5) is 4.81. The third-order valence-electron chi connectivity index (χ3n) is 6.64. The van der Waals surface area contributed by atoms with Crippen LogP contribution in [0.2, 0.25) is 0 Å². The average Bonchev–Trinajstić information content (AvgIpc) is 3.09. The van der Waals surface area contributed by atoms with Crippen molar-refractivity contribution in [3.8, 4) is 11.1 Å². The van der Waals surface area contributed by atoms with Gasteiger partial charge < -0.3 is 0 Å². The third-order valence-corrected chi connectivity index (χ3v) is 6.64. The van der Waals surface area contributed by atoms with Crippen molar-refractivity contribution < 1.29 is 4.57 Å². The summed E-state index contributed by atoms with van der Waals surface area (Å²) in [5.41, 5.74) is 11.2. The van der Waals surface area contributed by atoms with Crippen LogP contribution in [-0.2, 0) is 7.05 Å². The molecular formula is C28H30N3+. The van der Waals surface area contributed by atoms with Crippen molar-refractivity contribution in [3.05, 3.63) is 76.9 Å². The molecular weight excluding hydrogens is 378 g/mol. The maximum Gasteiger partial charge on any atom is 0.294 e. The van der Waals surface area contributed by atoms with Crippen LogP contribution in [0.1, 0.15) is 47.8 Å². The van der Waals surface area contributed by atoms with E-state index in [1.54, 1.807) is 0 Å². The molecule has 2 aromatic carbocycles. The summed E-state index contributed by atoms with van der Waals surface area (Å²) in [7, 11) is 2.15. The summed E-state index contributed by atoms with van der Waals surface area (Å²) < 4.78 is 4.64. The van der Waals surface area contributed by atoms with Crippen LogP contribution in [0, 0.1) is 27.7 Å². The molecule has 0 N–H and O–H groups in total. The van der Waals surface area contributed by atoms with Crippen LogP contribution in [0.15, 0.2) is 48.8 Å². The molecule has 3 heterocycles. The second kappa shape index (κ2) is 6.91. The normalized spacial score (nSPS) is 12.0. The zero-order chi connectivity index (χ0) is 22.0. The van der Waals surface area contributed by atoms with Gasteiger partial charge in [-0.1, -0.05) is 44.2 Å². The van der Waals surface area contributed by atoms with Gasteiger partial charge in [-0.2, -0.15) is 4.40 Å². The summed E-state index contributed by atoms with van der Waals surface area (Å²) >= 11 is 0. The molecule has 0 aliphatic carbocycles. The number of nitrogens with zero attached hydrogens (tertiary/aromatic N) is 3. The lowest BCUT2D eigenvalue weighted by atomic mass is 9.85. The van der Waals surface area contributed by atoms with Gasteiger partial charge in [-0.05, 0) is 61.9 Å². The third kappa shape index (κ3) is 2.79. The Morgan fingerprint density at radius 3 is 2.42 bits per heavy atom. The van der Waals surface area contributed by atoms with Crippen LogP contribution in [0.4, 0.5) is 0 Å². The van der Waals surface area contributed by atoms with Gasteiger partial charge in [0.05, 0.1) is 12.4 Å². The highest BCUT2D eigenvalue weighted by Crippen LogP contribution is 2.43. The van der Waals surface area contributed by atoms with E-state index in [9.17, 15) is 0 Å². The first-order chi connectivity index (χ1) is 14.8. The lowest BCUT2D eigenvalue weighted by Crippen LogP contribution is -2.26.